The van der Waals surface area contributed by atoms with Gasteiger partial charge in [0.05, 0.1) is 12.5 Å². The van der Waals surface area contributed by atoms with Crippen LogP contribution < -0.4 is 21.7 Å². The molecule has 0 saturated heterocycles. The van der Waals surface area contributed by atoms with E-state index < -0.39 is 60.2 Å². The summed E-state index contributed by atoms with van der Waals surface area (Å²) >= 11 is 1.39. The van der Waals surface area contributed by atoms with Crippen LogP contribution in [0.2, 0.25) is 0 Å². The molecule has 7 N–H and O–H groups in total. The van der Waals surface area contributed by atoms with E-state index in [-0.39, 0.29) is 18.8 Å². The maximum atomic E-state index is 13.1. The average Bonchev–Trinajstić information content (AvgIpc) is 2.83. The van der Waals surface area contributed by atoms with Gasteiger partial charge < -0.3 is 31.9 Å². The van der Waals surface area contributed by atoms with Gasteiger partial charge in [-0.1, -0.05) is 50.6 Å². The van der Waals surface area contributed by atoms with Crippen LogP contribution in [0, 0.1) is 5.92 Å². The number of nitrogens with one attached hydrogen (secondary N) is 3. The van der Waals surface area contributed by atoms with Crippen LogP contribution in [-0.2, 0) is 30.4 Å². The van der Waals surface area contributed by atoms with Crippen molar-refractivity contribution in [2.24, 2.45) is 11.7 Å². The van der Waals surface area contributed by atoms with E-state index >= 15 is 0 Å². The Bertz CT molecular complexity index is 900. The molecule has 5 unspecified atom stereocenters. The maximum absolute atomic E-state index is 13.1. The summed E-state index contributed by atoms with van der Waals surface area (Å²) in [6.07, 6.45) is 1.89. The quantitative estimate of drug-likeness (QED) is 0.177. The second kappa shape index (κ2) is 15.8. The lowest BCUT2D eigenvalue weighted by atomic mass is 9.96. The lowest BCUT2D eigenvalue weighted by Gasteiger charge is -2.27. The van der Waals surface area contributed by atoms with Crippen molar-refractivity contribution in [1.82, 2.24) is 16.0 Å². The summed E-state index contributed by atoms with van der Waals surface area (Å²) in [6.45, 7) is 3.54. The largest absolute Gasteiger partial charge is 0.481 e. The van der Waals surface area contributed by atoms with Gasteiger partial charge in [0.1, 0.15) is 18.1 Å². The third-order valence-electron chi connectivity index (χ3n) is 5.67. The molecule has 0 fully saturated rings. The standard InChI is InChI=1S/C24H36N4O7S/c1-4-14(2)20(28-21(31)16(25)12-15-8-6-5-7-9-15)23(33)27-18(13-19(29)30)22(32)26-17(24(34)35)10-11-36-3/h5-9,14,16-18,20H,4,10-13,25H2,1-3H3,(H,26,32)(H,27,33)(H,28,31)(H,29,30)(H,34,35). The van der Waals surface area contributed by atoms with Crippen molar-refractivity contribution in [2.45, 2.75) is 63.7 Å². The molecule has 0 heterocycles. The fraction of sp³-hybridized carbons (Fsp3) is 0.542. The van der Waals surface area contributed by atoms with Crippen LogP contribution in [0.4, 0.5) is 0 Å². The Morgan fingerprint density at radius 2 is 1.56 bits per heavy atom. The molecular weight excluding hydrogens is 488 g/mol. The third kappa shape index (κ3) is 10.6. The van der Waals surface area contributed by atoms with Gasteiger partial charge in [-0.05, 0) is 36.3 Å². The predicted molar refractivity (Wildman–Crippen MR) is 136 cm³/mol. The van der Waals surface area contributed by atoms with Gasteiger partial charge in [-0.2, -0.15) is 11.8 Å². The fourth-order valence-corrected chi connectivity index (χ4v) is 3.81. The lowest BCUT2D eigenvalue weighted by Crippen LogP contribution is -2.59. The summed E-state index contributed by atoms with van der Waals surface area (Å²) in [6, 6.07) is 4.33. The first-order valence-electron chi connectivity index (χ1n) is 11.6. The number of nitrogens with two attached hydrogens (primary N) is 1. The second-order valence-corrected chi connectivity index (χ2v) is 9.49. The second-order valence-electron chi connectivity index (χ2n) is 8.51. The first kappa shape index (κ1) is 30.9. The van der Waals surface area contributed by atoms with Gasteiger partial charge in [0.25, 0.3) is 0 Å². The SMILES string of the molecule is CCC(C)C(NC(=O)C(N)Cc1ccccc1)C(=O)NC(CC(=O)O)C(=O)NC(CCSC)C(=O)O. The van der Waals surface area contributed by atoms with Crippen LogP contribution in [0.15, 0.2) is 30.3 Å². The van der Waals surface area contributed by atoms with Crippen LogP contribution in [-0.4, -0.2) is 76.0 Å². The van der Waals surface area contributed by atoms with Crippen molar-refractivity contribution in [2.75, 3.05) is 12.0 Å². The number of thioether (sulfide) groups is 1. The normalized spacial score (nSPS) is 15.0. The Balaban J connectivity index is 2.97. The van der Waals surface area contributed by atoms with E-state index in [1.165, 1.54) is 11.8 Å². The van der Waals surface area contributed by atoms with Gasteiger partial charge in [0.2, 0.25) is 17.7 Å². The molecule has 0 spiro atoms. The van der Waals surface area contributed by atoms with Crippen LogP contribution >= 0.6 is 11.8 Å². The molecule has 0 aliphatic heterocycles. The van der Waals surface area contributed by atoms with Crippen LogP contribution in [0.5, 0.6) is 0 Å². The maximum Gasteiger partial charge on any atom is 0.326 e. The molecular formula is C24H36N4O7S. The van der Waals surface area contributed by atoms with Crippen molar-refractivity contribution in [3.8, 4) is 0 Å². The molecule has 36 heavy (non-hydrogen) atoms. The molecule has 1 rings (SSSR count). The molecule has 5 atom stereocenters. The summed E-state index contributed by atoms with van der Waals surface area (Å²) < 4.78 is 0. The molecule has 12 heteroatoms. The molecule has 0 aliphatic rings. The highest BCUT2D eigenvalue weighted by molar-refractivity contribution is 7.98. The van der Waals surface area contributed by atoms with Crippen molar-refractivity contribution >= 4 is 41.4 Å². The number of rotatable bonds is 16. The minimum Gasteiger partial charge on any atom is -0.481 e. The Morgan fingerprint density at radius 3 is 2.08 bits per heavy atom. The highest BCUT2D eigenvalue weighted by atomic mass is 32.2. The highest BCUT2D eigenvalue weighted by Crippen LogP contribution is 2.11. The first-order valence-corrected chi connectivity index (χ1v) is 13.0. The smallest absolute Gasteiger partial charge is 0.326 e. The van der Waals surface area contributed by atoms with E-state index in [2.05, 4.69) is 16.0 Å². The molecule has 0 aromatic heterocycles. The third-order valence-corrected chi connectivity index (χ3v) is 6.31. The molecule has 1 aromatic rings. The minimum absolute atomic E-state index is 0.126. The first-order chi connectivity index (χ1) is 17.0. The fourth-order valence-electron chi connectivity index (χ4n) is 3.33. The molecule has 11 nitrogen and oxygen atoms in total. The van der Waals surface area contributed by atoms with Gasteiger partial charge in [-0.15, -0.1) is 0 Å². The number of hydrogen-bond acceptors (Lipinski definition) is 7. The van der Waals surface area contributed by atoms with E-state index in [9.17, 15) is 34.2 Å². The predicted octanol–water partition coefficient (Wildman–Crippen LogP) is 0.369. The highest BCUT2D eigenvalue weighted by Gasteiger charge is 2.33. The topological polar surface area (TPSA) is 188 Å². The Labute approximate surface area is 215 Å². The van der Waals surface area contributed by atoms with Crippen molar-refractivity contribution < 1.29 is 34.2 Å². The number of amides is 3. The molecule has 3 amide bonds. The van der Waals surface area contributed by atoms with Gasteiger partial charge in [-0.25, -0.2) is 4.79 Å². The molecule has 0 bridgehead atoms. The Morgan fingerprint density at radius 1 is 0.944 bits per heavy atom. The molecule has 0 radical (unpaired) electrons. The Kier molecular flexibility index (Phi) is 13.6. The minimum atomic E-state index is -1.53. The summed E-state index contributed by atoms with van der Waals surface area (Å²) in [5.74, 6) is -4.80. The van der Waals surface area contributed by atoms with Gasteiger partial charge >= 0.3 is 11.9 Å². The summed E-state index contributed by atoms with van der Waals surface area (Å²) in [5.41, 5.74) is 6.88. The van der Waals surface area contributed by atoms with Gasteiger partial charge in [-0.3, -0.25) is 19.2 Å². The van der Waals surface area contributed by atoms with E-state index in [1.54, 1.807) is 13.2 Å². The van der Waals surface area contributed by atoms with E-state index in [4.69, 9.17) is 5.73 Å². The molecule has 1 aromatic carbocycles. The number of carbonyl (C=O) groups is 5. The number of hydrogen-bond donors (Lipinski definition) is 6. The zero-order valence-corrected chi connectivity index (χ0v) is 21.5. The summed E-state index contributed by atoms with van der Waals surface area (Å²) in [5, 5.41) is 25.9. The van der Waals surface area contributed by atoms with Crippen molar-refractivity contribution in [1.29, 1.82) is 0 Å². The number of carboxylic acid groups (broad SMARTS) is 2. The van der Waals surface area contributed by atoms with Crippen molar-refractivity contribution in [3.05, 3.63) is 35.9 Å². The van der Waals surface area contributed by atoms with Crippen LogP contribution in [0.25, 0.3) is 0 Å². The van der Waals surface area contributed by atoms with Gasteiger partial charge in [0.15, 0.2) is 0 Å². The zero-order valence-electron chi connectivity index (χ0n) is 20.7. The van der Waals surface area contributed by atoms with E-state index in [1.807, 2.05) is 37.3 Å². The molecule has 0 saturated carbocycles. The zero-order chi connectivity index (χ0) is 27.3. The van der Waals surface area contributed by atoms with Crippen molar-refractivity contribution in [3.63, 3.8) is 0 Å². The average molecular weight is 525 g/mol. The molecule has 0 aliphatic carbocycles. The summed E-state index contributed by atoms with van der Waals surface area (Å²) in [7, 11) is 0. The van der Waals surface area contributed by atoms with Crippen LogP contribution in [0.1, 0.15) is 38.7 Å². The number of aliphatic carboxylic acids is 2. The van der Waals surface area contributed by atoms with Gasteiger partial charge in [0, 0.05) is 0 Å². The van der Waals surface area contributed by atoms with E-state index in [0.29, 0.717) is 12.2 Å². The number of carboxylic acids is 2. The van der Waals surface area contributed by atoms with E-state index in [0.717, 1.165) is 5.56 Å². The van der Waals surface area contributed by atoms with Crippen LogP contribution in [0.3, 0.4) is 0 Å². The Hall–Kier alpha value is -3.12. The number of carbonyl (C=O) groups excluding carboxylic acids is 3. The lowest BCUT2D eigenvalue weighted by molar-refractivity contribution is -0.143. The molecule has 200 valence electrons. The number of benzene rings is 1. The monoisotopic (exact) mass is 524 g/mol. The summed E-state index contributed by atoms with van der Waals surface area (Å²) in [4.78, 5) is 61.4.